The average molecular weight is 273 g/mol. The standard InChI is InChI=1S/C13H17F2NOS/c14-9-1-4-13(12(15)7-9)18-6-5-11(8-17)16-10-2-3-10/h1,4,7,10-11,16-17H,2-3,5-6,8H2. The maximum absolute atomic E-state index is 13.4. The Labute approximate surface area is 110 Å². The van der Waals surface area contributed by atoms with Gasteiger partial charge >= 0.3 is 0 Å². The summed E-state index contributed by atoms with van der Waals surface area (Å²) >= 11 is 1.35. The molecule has 1 saturated carbocycles. The third-order valence-corrected chi connectivity index (χ3v) is 3.97. The molecule has 0 spiro atoms. The number of aliphatic hydroxyl groups is 1. The largest absolute Gasteiger partial charge is 0.395 e. The van der Waals surface area contributed by atoms with E-state index in [0.29, 0.717) is 16.7 Å². The SMILES string of the molecule is OCC(CCSc1ccc(F)cc1F)NC1CC1. The van der Waals surface area contributed by atoms with Crippen molar-refractivity contribution < 1.29 is 13.9 Å². The molecule has 2 nitrogen and oxygen atoms in total. The number of hydrogen-bond acceptors (Lipinski definition) is 3. The fourth-order valence-electron chi connectivity index (χ4n) is 1.71. The van der Waals surface area contributed by atoms with Crippen LogP contribution in [0.3, 0.4) is 0 Å². The molecule has 5 heteroatoms. The summed E-state index contributed by atoms with van der Waals surface area (Å²) in [4.78, 5) is 0.458. The van der Waals surface area contributed by atoms with Crippen LogP contribution in [0.4, 0.5) is 8.78 Å². The Kier molecular flexibility index (Phi) is 4.97. The van der Waals surface area contributed by atoms with Crippen LogP contribution in [0.2, 0.25) is 0 Å². The zero-order valence-corrected chi connectivity index (χ0v) is 10.9. The van der Waals surface area contributed by atoms with Crippen molar-refractivity contribution in [2.24, 2.45) is 0 Å². The van der Waals surface area contributed by atoms with Gasteiger partial charge in [-0.2, -0.15) is 0 Å². The van der Waals surface area contributed by atoms with Gasteiger partial charge in [-0.3, -0.25) is 0 Å². The highest BCUT2D eigenvalue weighted by atomic mass is 32.2. The highest BCUT2D eigenvalue weighted by Crippen LogP contribution is 2.24. The second-order valence-electron chi connectivity index (χ2n) is 4.53. The van der Waals surface area contributed by atoms with Gasteiger partial charge in [0.15, 0.2) is 0 Å². The van der Waals surface area contributed by atoms with Crippen LogP contribution in [0.5, 0.6) is 0 Å². The number of thioether (sulfide) groups is 1. The average Bonchev–Trinajstić information content (AvgIpc) is 3.14. The van der Waals surface area contributed by atoms with E-state index in [4.69, 9.17) is 0 Å². The van der Waals surface area contributed by atoms with Crippen molar-refractivity contribution >= 4 is 11.8 Å². The lowest BCUT2D eigenvalue weighted by Crippen LogP contribution is -2.34. The minimum Gasteiger partial charge on any atom is -0.395 e. The minimum absolute atomic E-state index is 0.0773. The van der Waals surface area contributed by atoms with Crippen LogP contribution in [-0.4, -0.2) is 29.5 Å². The third-order valence-electron chi connectivity index (χ3n) is 2.89. The quantitative estimate of drug-likeness (QED) is 0.749. The van der Waals surface area contributed by atoms with Crippen LogP contribution in [0, 0.1) is 11.6 Å². The normalized spacial score (nSPS) is 16.8. The van der Waals surface area contributed by atoms with Crippen LogP contribution >= 0.6 is 11.8 Å². The maximum Gasteiger partial charge on any atom is 0.139 e. The first-order valence-electron chi connectivity index (χ1n) is 6.14. The predicted octanol–water partition coefficient (Wildman–Crippen LogP) is 2.56. The summed E-state index contributed by atoms with van der Waals surface area (Å²) in [7, 11) is 0. The number of benzene rings is 1. The molecule has 1 aliphatic rings. The van der Waals surface area contributed by atoms with Gasteiger partial charge < -0.3 is 10.4 Å². The van der Waals surface area contributed by atoms with E-state index in [1.807, 2.05) is 0 Å². The van der Waals surface area contributed by atoms with Crippen molar-refractivity contribution in [3.05, 3.63) is 29.8 Å². The van der Waals surface area contributed by atoms with Crippen LogP contribution in [0.25, 0.3) is 0 Å². The van der Waals surface area contributed by atoms with Gasteiger partial charge in [-0.1, -0.05) is 0 Å². The van der Waals surface area contributed by atoms with Gasteiger partial charge in [-0.15, -0.1) is 11.8 Å². The van der Waals surface area contributed by atoms with E-state index in [2.05, 4.69) is 5.32 Å². The minimum atomic E-state index is -0.555. The lowest BCUT2D eigenvalue weighted by Gasteiger charge is -2.15. The maximum atomic E-state index is 13.4. The van der Waals surface area contributed by atoms with Crippen molar-refractivity contribution in [3.8, 4) is 0 Å². The Hall–Kier alpha value is -0.650. The molecular formula is C13H17F2NOS. The van der Waals surface area contributed by atoms with Gasteiger partial charge in [0.05, 0.1) is 6.61 Å². The molecule has 0 saturated heterocycles. The highest BCUT2D eigenvalue weighted by Gasteiger charge is 2.23. The first-order chi connectivity index (χ1) is 8.69. The molecule has 1 atom stereocenters. The summed E-state index contributed by atoms with van der Waals surface area (Å²) < 4.78 is 26.1. The van der Waals surface area contributed by atoms with E-state index < -0.39 is 11.6 Å². The molecule has 1 aromatic rings. The lowest BCUT2D eigenvalue weighted by atomic mass is 10.2. The van der Waals surface area contributed by atoms with Gasteiger partial charge in [0.2, 0.25) is 0 Å². The molecule has 1 unspecified atom stereocenters. The van der Waals surface area contributed by atoms with E-state index in [1.54, 1.807) is 0 Å². The fraction of sp³-hybridized carbons (Fsp3) is 0.538. The molecule has 0 radical (unpaired) electrons. The van der Waals surface area contributed by atoms with Gasteiger partial charge in [0.1, 0.15) is 11.6 Å². The summed E-state index contributed by atoms with van der Waals surface area (Å²) in [6.07, 6.45) is 3.13. The van der Waals surface area contributed by atoms with E-state index in [1.165, 1.54) is 36.7 Å². The van der Waals surface area contributed by atoms with Gasteiger partial charge in [0.25, 0.3) is 0 Å². The smallest absolute Gasteiger partial charge is 0.139 e. The van der Waals surface area contributed by atoms with Crippen LogP contribution in [-0.2, 0) is 0 Å². The zero-order chi connectivity index (χ0) is 13.0. The second kappa shape index (κ2) is 6.50. The molecule has 100 valence electrons. The molecule has 18 heavy (non-hydrogen) atoms. The monoisotopic (exact) mass is 273 g/mol. The first kappa shape index (κ1) is 13.8. The molecule has 1 fully saturated rings. The molecule has 0 aromatic heterocycles. The van der Waals surface area contributed by atoms with Crippen LogP contribution < -0.4 is 5.32 Å². The van der Waals surface area contributed by atoms with Crippen molar-refractivity contribution in [2.75, 3.05) is 12.4 Å². The Morgan fingerprint density at radius 2 is 2.17 bits per heavy atom. The van der Waals surface area contributed by atoms with Crippen molar-refractivity contribution in [1.29, 1.82) is 0 Å². The second-order valence-corrected chi connectivity index (χ2v) is 5.67. The number of rotatable bonds is 7. The predicted molar refractivity (Wildman–Crippen MR) is 68.7 cm³/mol. The molecule has 0 amide bonds. The molecule has 0 heterocycles. The van der Waals surface area contributed by atoms with Crippen LogP contribution in [0.15, 0.2) is 23.1 Å². The molecule has 2 N–H and O–H groups in total. The van der Waals surface area contributed by atoms with Crippen molar-refractivity contribution in [3.63, 3.8) is 0 Å². The van der Waals surface area contributed by atoms with E-state index in [9.17, 15) is 13.9 Å². The molecule has 0 bridgehead atoms. The molecule has 1 aliphatic carbocycles. The molecular weight excluding hydrogens is 256 g/mol. The molecule has 0 aliphatic heterocycles. The zero-order valence-electron chi connectivity index (χ0n) is 10.0. The summed E-state index contributed by atoms with van der Waals surface area (Å²) in [5, 5.41) is 12.5. The highest BCUT2D eigenvalue weighted by molar-refractivity contribution is 7.99. The lowest BCUT2D eigenvalue weighted by molar-refractivity contribution is 0.239. The van der Waals surface area contributed by atoms with Gasteiger partial charge in [-0.05, 0) is 37.1 Å². The number of aliphatic hydroxyl groups excluding tert-OH is 1. The first-order valence-corrected chi connectivity index (χ1v) is 7.12. The fourth-order valence-corrected chi connectivity index (χ4v) is 2.70. The Balaban J connectivity index is 1.76. The Bertz CT molecular complexity index is 399. The topological polar surface area (TPSA) is 32.3 Å². The summed E-state index contributed by atoms with van der Waals surface area (Å²) in [5.41, 5.74) is 0. The summed E-state index contributed by atoms with van der Waals surface area (Å²) in [5.74, 6) is -0.371. The Morgan fingerprint density at radius 1 is 1.39 bits per heavy atom. The molecule has 1 aromatic carbocycles. The summed E-state index contributed by atoms with van der Waals surface area (Å²) in [6, 6.07) is 4.24. The molecule has 2 rings (SSSR count). The van der Waals surface area contributed by atoms with Gasteiger partial charge in [-0.25, -0.2) is 8.78 Å². The van der Waals surface area contributed by atoms with E-state index in [0.717, 1.165) is 12.5 Å². The number of nitrogens with one attached hydrogen (secondary N) is 1. The van der Waals surface area contributed by atoms with Crippen LogP contribution in [0.1, 0.15) is 19.3 Å². The number of halogens is 2. The van der Waals surface area contributed by atoms with E-state index in [-0.39, 0.29) is 12.6 Å². The van der Waals surface area contributed by atoms with Crippen molar-refractivity contribution in [2.45, 2.75) is 36.2 Å². The van der Waals surface area contributed by atoms with Gasteiger partial charge in [0, 0.05) is 23.0 Å². The third kappa shape index (κ3) is 4.23. The number of hydrogen-bond donors (Lipinski definition) is 2. The van der Waals surface area contributed by atoms with Crippen molar-refractivity contribution in [1.82, 2.24) is 5.32 Å². The van der Waals surface area contributed by atoms with E-state index >= 15 is 0 Å². The summed E-state index contributed by atoms with van der Waals surface area (Å²) in [6.45, 7) is 0.100. The Morgan fingerprint density at radius 3 is 2.78 bits per heavy atom.